The van der Waals surface area contributed by atoms with Crippen LogP contribution in [0.1, 0.15) is 13.3 Å². The molecule has 0 saturated carbocycles. The Labute approximate surface area is 90.2 Å². The van der Waals surface area contributed by atoms with Gasteiger partial charge in [0.2, 0.25) is 0 Å². The monoisotopic (exact) mass is 210 g/mol. The lowest BCUT2D eigenvalue weighted by atomic mass is 10.2. The van der Waals surface area contributed by atoms with E-state index in [0.29, 0.717) is 23.7 Å². The van der Waals surface area contributed by atoms with E-state index in [2.05, 4.69) is 0 Å². The Kier molecular flexibility index (Phi) is 4.24. The largest absolute Gasteiger partial charge is 0.490 e. The SMILES string of the molecule is COCCC(C)Oc1cc(N)cc(N)c1. The van der Waals surface area contributed by atoms with Gasteiger partial charge in [0.05, 0.1) is 6.10 Å². The second-order valence-electron chi connectivity index (χ2n) is 3.55. The van der Waals surface area contributed by atoms with Crippen LogP contribution in [0, 0.1) is 0 Å². The Morgan fingerprint density at radius 1 is 1.20 bits per heavy atom. The van der Waals surface area contributed by atoms with Gasteiger partial charge in [-0.05, 0) is 13.0 Å². The van der Waals surface area contributed by atoms with Gasteiger partial charge in [0.15, 0.2) is 0 Å². The van der Waals surface area contributed by atoms with Crippen LogP contribution in [0.5, 0.6) is 5.75 Å². The van der Waals surface area contributed by atoms with Gasteiger partial charge in [-0.15, -0.1) is 0 Å². The van der Waals surface area contributed by atoms with E-state index in [1.807, 2.05) is 6.92 Å². The smallest absolute Gasteiger partial charge is 0.123 e. The summed E-state index contributed by atoms with van der Waals surface area (Å²) in [6, 6.07) is 5.23. The van der Waals surface area contributed by atoms with Crippen LogP contribution in [0.15, 0.2) is 18.2 Å². The van der Waals surface area contributed by atoms with Crippen LogP contribution < -0.4 is 16.2 Å². The molecule has 0 amide bonds. The maximum absolute atomic E-state index is 5.65. The fraction of sp³-hybridized carbons (Fsp3) is 0.455. The Balaban J connectivity index is 2.56. The van der Waals surface area contributed by atoms with Gasteiger partial charge in [-0.1, -0.05) is 0 Å². The standard InChI is InChI=1S/C11H18N2O2/c1-8(3-4-14-2)15-11-6-9(12)5-10(13)7-11/h5-8H,3-4,12-13H2,1-2H3. The highest BCUT2D eigenvalue weighted by molar-refractivity contribution is 5.56. The number of benzene rings is 1. The number of nitrogen functional groups attached to an aromatic ring is 2. The lowest BCUT2D eigenvalue weighted by molar-refractivity contribution is 0.135. The van der Waals surface area contributed by atoms with Crippen molar-refractivity contribution in [3.05, 3.63) is 18.2 Å². The van der Waals surface area contributed by atoms with Crippen molar-refractivity contribution in [2.75, 3.05) is 25.2 Å². The summed E-state index contributed by atoms with van der Waals surface area (Å²) in [7, 11) is 1.67. The molecule has 0 radical (unpaired) electrons. The first kappa shape index (κ1) is 11.7. The fourth-order valence-electron chi connectivity index (χ4n) is 1.29. The van der Waals surface area contributed by atoms with Gasteiger partial charge in [-0.3, -0.25) is 0 Å². The molecule has 0 aliphatic carbocycles. The third-order valence-corrected chi connectivity index (χ3v) is 2.02. The van der Waals surface area contributed by atoms with Crippen molar-refractivity contribution in [1.29, 1.82) is 0 Å². The quantitative estimate of drug-likeness (QED) is 0.725. The summed E-state index contributed by atoms with van der Waals surface area (Å²) in [5.74, 6) is 0.705. The molecule has 1 aromatic carbocycles. The Hall–Kier alpha value is -1.42. The van der Waals surface area contributed by atoms with Gasteiger partial charge in [-0.25, -0.2) is 0 Å². The fourth-order valence-corrected chi connectivity index (χ4v) is 1.29. The van der Waals surface area contributed by atoms with Crippen LogP contribution in [0.3, 0.4) is 0 Å². The van der Waals surface area contributed by atoms with Gasteiger partial charge in [0, 0.05) is 43.6 Å². The highest BCUT2D eigenvalue weighted by Gasteiger charge is 2.04. The normalized spacial score (nSPS) is 12.4. The molecule has 1 aromatic rings. The number of nitrogens with two attached hydrogens (primary N) is 2. The highest BCUT2D eigenvalue weighted by atomic mass is 16.5. The van der Waals surface area contributed by atoms with Crippen LogP contribution >= 0.6 is 0 Å². The average Bonchev–Trinajstić information content (AvgIpc) is 2.13. The van der Waals surface area contributed by atoms with E-state index in [9.17, 15) is 0 Å². The maximum atomic E-state index is 5.65. The molecule has 0 aliphatic heterocycles. The van der Waals surface area contributed by atoms with Crippen LogP contribution in [0.2, 0.25) is 0 Å². The molecular weight excluding hydrogens is 192 g/mol. The van der Waals surface area contributed by atoms with Crippen LogP contribution in [-0.4, -0.2) is 19.8 Å². The zero-order valence-corrected chi connectivity index (χ0v) is 9.19. The third-order valence-electron chi connectivity index (χ3n) is 2.02. The van der Waals surface area contributed by atoms with E-state index in [-0.39, 0.29) is 6.10 Å². The molecular formula is C11H18N2O2. The molecule has 0 bridgehead atoms. The predicted octanol–water partition coefficient (Wildman–Crippen LogP) is 1.65. The first-order valence-corrected chi connectivity index (χ1v) is 4.93. The molecule has 0 fully saturated rings. The summed E-state index contributed by atoms with van der Waals surface area (Å²) in [6.07, 6.45) is 0.928. The van der Waals surface area contributed by atoms with Gasteiger partial charge in [0.25, 0.3) is 0 Å². The molecule has 0 aromatic heterocycles. The van der Waals surface area contributed by atoms with Gasteiger partial charge < -0.3 is 20.9 Å². The number of hydrogen-bond acceptors (Lipinski definition) is 4. The zero-order chi connectivity index (χ0) is 11.3. The molecule has 1 atom stereocenters. The van der Waals surface area contributed by atoms with E-state index in [0.717, 1.165) is 6.42 Å². The molecule has 0 aliphatic rings. The van der Waals surface area contributed by atoms with Gasteiger partial charge >= 0.3 is 0 Å². The van der Waals surface area contributed by atoms with Gasteiger partial charge in [0.1, 0.15) is 5.75 Å². The summed E-state index contributed by atoms with van der Waals surface area (Å²) in [6.45, 7) is 2.66. The summed E-state index contributed by atoms with van der Waals surface area (Å²) in [5.41, 5.74) is 12.5. The molecule has 4 N–H and O–H groups in total. The number of methoxy groups -OCH3 is 1. The van der Waals surface area contributed by atoms with Crippen LogP contribution in [0.25, 0.3) is 0 Å². The lowest BCUT2D eigenvalue weighted by Gasteiger charge is -2.14. The van der Waals surface area contributed by atoms with Crippen molar-refractivity contribution in [3.63, 3.8) is 0 Å². The Morgan fingerprint density at radius 3 is 2.33 bits per heavy atom. The second kappa shape index (κ2) is 5.46. The molecule has 4 heteroatoms. The van der Waals surface area contributed by atoms with Crippen molar-refractivity contribution < 1.29 is 9.47 Å². The Bertz CT molecular complexity index is 295. The van der Waals surface area contributed by atoms with Crippen molar-refractivity contribution in [3.8, 4) is 5.75 Å². The van der Waals surface area contributed by atoms with E-state index >= 15 is 0 Å². The molecule has 1 rings (SSSR count). The minimum absolute atomic E-state index is 0.0890. The van der Waals surface area contributed by atoms with Crippen molar-refractivity contribution in [2.24, 2.45) is 0 Å². The summed E-state index contributed by atoms with van der Waals surface area (Å²) in [5, 5.41) is 0. The lowest BCUT2D eigenvalue weighted by Crippen LogP contribution is -2.14. The first-order chi connectivity index (χ1) is 7.11. The van der Waals surface area contributed by atoms with Crippen LogP contribution in [-0.2, 0) is 4.74 Å². The third kappa shape index (κ3) is 4.08. The first-order valence-electron chi connectivity index (χ1n) is 4.93. The molecule has 1 unspecified atom stereocenters. The molecule has 0 heterocycles. The van der Waals surface area contributed by atoms with Gasteiger partial charge in [-0.2, -0.15) is 0 Å². The predicted molar refractivity (Wildman–Crippen MR) is 61.8 cm³/mol. The Morgan fingerprint density at radius 2 is 1.80 bits per heavy atom. The summed E-state index contributed by atoms with van der Waals surface area (Å²) >= 11 is 0. The van der Waals surface area contributed by atoms with E-state index in [1.165, 1.54) is 0 Å². The minimum Gasteiger partial charge on any atom is -0.490 e. The number of ether oxygens (including phenoxy) is 2. The minimum atomic E-state index is 0.0890. The van der Waals surface area contributed by atoms with Crippen LogP contribution in [0.4, 0.5) is 11.4 Å². The number of anilines is 2. The molecule has 84 valence electrons. The summed E-state index contributed by atoms with van der Waals surface area (Å²) in [4.78, 5) is 0. The number of hydrogen-bond donors (Lipinski definition) is 2. The molecule has 0 saturated heterocycles. The summed E-state index contributed by atoms with van der Waals surface area (Å²) < 4.78 is 10.6. The topological polar surface area (TPSA) is 70.5 Å². The zero-order valence-electron chi connectivity index (χ0n) is 9.19. The average molecular weight is 210 g/mol. The molecule has 0 spiro atoms. The maximum Gasteiger partial charge on any atom is 0.123 e. The van der Waals surface area contributed by atoms with Crippen molar-refractivity contribution >= 4 is 11.4 Å². The number of rotatable bonds is 5. The van der Waals surface area contributed by atoms with Crippen molar-refractivity contribution in [2.45, 2.75) is 19.4 Å². The molecule has 4 nitrogen and oxygen atoms in total. The highest BCUT2D eigenvalue weighted by Crippen LogP contribution is 2.21. The van der Waals surface area contributed by atoms with E-state index < -0.39 is 0 Å². The van der Waals surface area contributed by atoms with E-state index in [4.69, 9.17) is 20.9 Å². The van der Waals surface area contributed by atoms with Crippen molar-refractivity contribution in [1.82, 2.24) is 0 Å². The second-order valence-corrected chi connectivity index (χ2v) is 3.55. The molecule has 15 heavy (non-hydrogen) atoms. The van der Waals surface area contributed by atoms with E-state index in [1.54, 1.807) is 25.3 Å².